The SMILES string of the molecule is CC1CCCN(C(=O)Cn2nc(-c3ccc(F)cc3)oc2=O)C1. The summed E-state index contributed by atoms with van der Waals surface area (Å²) in [6.07, 6.45) is 2.09. The smallest absolute Gasteiger partial charge is 0.388 e. The molecule has 122 valence electrons. The highest BCUT2D eigenvalue weighted by atomic mass is 19.1. The molecule has 0 bridgehead atoms. The lowest BCUT2D eigenvalue weighted by atomic mass is 10.0. The lowest BCUT2D eigenvalue weighted by Crippen LogP contribution is -2.42. The van der Waals surface area contributed by atoms with Crippen LogP contribution < -0.4 is 5.76 Å². The molecule has 0 N–H and O–H groups in total. The molecule has 3 rings (SSSR count). The molecule has 23 heavy (non-hydrogen) atoms. The van der Waals surface area contributed by atoms with Crippen LogP contribution in [0.25, 0.3) is 11.5 Å². The molecule has 0 spiro atoms. The first kappa shape index (κ1) is 15.5. The summed E-state index contributed by atoms with van der Waals surface area (Å²) in [6, 6.07) is 5.46. The maximum Gasteiger partial charge on any atom is 0.437 e. The van der Waals surface area contributed by atoms with Gasteiger partial charge in [0.25, 0.3) is 0 Å². The molecule has 1 aromatic carbocycles. The van der Waals surface area contributed by atoms with Crippen LogP contribution >= 0.6 is 0 Å². The van der Waals surface area contributed by atoms with Gasteiger partial charge in [-0.25, -0.2) is 9.18 Å². The molecule has 1 atom stereocenters. The predicted molar refractivity (Wildman–Crippen MR) is 81.1 cm³/mol. The van der Waals surface area contributed by atoms with Crippen LogP contribution in [0.15, 0.2) is 33.5 Å². The van der Waals surface area contributed by atoms with Crippen LogP contribution in [0.1, 0.15) is 19.8 Å². The minimum atomic E-state index is -0.692. The second kappa shape index (κ2) is 6.36. The molecule has 0 saturated carbocycles. The first-order chi connectivity index (χ1) is 11.0. The predicted octanol–water partition coefficient (Wildman–Crippen LogP) is 1.90. The average molecular weight is 319 g/mol. The Labute approximate surface area is 132 Å². The molecule has 1 aliphatic rings. The summed E-state index contributed by atoms with van der Waals surface area (Å²) in [5.74, 6) is -0.670. The van der Waals surface area contributed by atoms with Crippen molar-refractivity contribution in [2.24, 2.45) is 5.92 Å². The molecule has 2 aromatic rings. The molecule has 1 saturated heterocycles. The Morgan fingerprint density at radius 1 is 1.39 bits per heavy atom. The Hall–Kier alpha value is -2.44. The normalized spacial score (nSPS) is 18.2. The van der Waals surface area contributed by atoms with E-state index in [-0.39, 0.29) is 24.2 Å². The highest BCUT2D eigenvalue weighted by Crippen LogP contribution is 2.17. The molecule has 1 fully saturated rings. The van der Waals surface area contributed by atoms with E-state index in [1.54, 1.807) is 4.90 Å². The van der Waals surface area contributed by atoms with Crippen LogP contribution in [0.3, 0.4) is 0 Å². The number of hydrogen-bond acceptors (Lipinski definition) is 4. The maximum absolute atomic E-state index is 12.9. The van der Waals surface area contributed by atoms with Crippen molar-refractivity contribution in [1.29, 1.82) is 0 Å². The highest BCUT2D eigenvalue weighted by Gasteiger charge is 2.22. The number of benzene rings is 1. The van der Waals surface area contributed by atoms with Crippen molar-refractivity contribution in [3.8, 4) is 11.5 Å². The monoisotopic (exact) mass is 319 g/mol. The third kappa shape index (κ3) is 3.49. The fourth-order valence-electron chi connectivity index (χ4n) is 2.76. The summed E-state index contributed by atoms with van der Waals surface area (Å²) in [7, 11) is 0. The third-order valence-electron chi connectivity index (χ3n) is 3.99. The molecule has 1 unspecified atom stereocenters. The fourth-order valence-corrected chi connectivity index (χ4v) is 2.76. The van der Waals surface area contributed by atoms with Gasteiger partial charge in [0.1, 0.15) is 12.4 Å². The molecule has 2 heterocycles. The Balaban J connectivity index is 1.75. The number of hydrogen-bond donors (Lipinski definition) is 0. The second-order valence-electron chi connectivity index (χ2n) is 5.92. The van der Waals surface area contributed by atoms with Gasteiger partial charge in [-0.1, -0.05) is 6.92 Å². The largest absolute Gasteiger partial charge is 0.437 e. The Morgan fingerprint density at radius 2 is 2.13 bits per heavy atom. The van der Waals surface area contributed by atoms with Gasteiger partial charge in [-0.3, -0.25) is 4.79 Å². The maximum atomic E-state index is 12.9. The molecular weight excluding hydrogens is 301 g/mol. The van der Waals surface area contributed by atoms with E-state index >= 15 is 0 Å². The van der Waals surface area contributed by atoms with E-state index in [1.807, 2.05) is 0 Å². The lowest BCUT2D eigenvalue weighted by molar-refractivity contribution is -0.133. The van der Waals surface area contributed by atoms with E-state index in [0.717, 1.165) is 17.5 Å². The molecule has 0 aliphatic carbocycles. The van der Waals surface area contributed by atoms with Gasteiger partial charge in [-0.15, -0.1) is 5.10 Å². The zero-order valence-corrected chi connectivity index (χ0v) is 12.9. The van der Waals surface area contributed by atoms with Crippen LogP contribution in [0.4, 0.5) is 4.39 Å². The number of aromatic nitrogens is 2. The molecule has 0 radical (unpaired) electrons. The second-order valence-corrected chi connectivity index (χ2v) is 5.92. The fraction of sp³-hybridized carbons (Fsp3) is 0.438. The van der Waals surface area contributed by atoms with Crippen molar-refractivity contribution in [2.45, 2.75) is 26.3 Å². The van der Waals surface area contributed by atoms with Crippen molar-refractivity contribution in [3.63, 3.8) is 0 Å². The molecule has 6 nitrogen and oxygen atoms in total. The van der Waals surface area contributed by atoms with Gasteiger partial charge in [-0.05, 0) is 43.0 Å². The number of rotatable bonds is 3. The first-order valence-corrected chi connectivity index (χ1v) is 7.64. The molecule has 1 aliphatic heterocycles. The van der Waals surface area contributed by atoms with E-state index < -0.39 is 5.76 Å². The van der Waals surface area contributed by atoms with Crippen molar-refractivity contribution in [1.82, 2.24) is 14.7 Å². The minimum absolute atomic E-state index is 0.0785. The Kier molecular flexibility index (Phi) is 4.27. The van der Waals surface area contributed by atoms with E-state index in [4.69, 9.17) is 4.42 Å². The summed E-state index contributed by atoms with van der Waals surface area (Å²) in [5.41, 5.74) is 0.487. The summed E-state index contributed by atoms with van der Waals surface area (Å²) in [4.78, 5) is 25.9. The van der Waals surface area contributed by atoms with Gasteiger partial charge in [0.15, 0.2) is 0 Å². The molecule has 1 amide bonds. The van der Waals surface area contributed by atoms with E-state index in [0.29, 0.717) is 24.6 Å². The van der Waals surface area contributed by atoms with Crippen molar-refractivity contribution < 1.29 is 13.6 Å². The third-order valence-corrected chi connectivity index (χ3v) is 3.99. The van der Waals surface area contributed by atoms with Crippen molar-refractivity contribution in [2.75, 3.05) is 13.1 Å². The van der Waals surface area contributed by atoms with Gasteiger partial charge < -0.3 is 9.32 Å². The molecule has 7 heteroatoms. The summed E-state index contributed by atoms with van der Waals surface area (Å²) >= 11 is 0. The summed E-state index contributed by atoms with van der Waals surface area (Å²) < 4.78 is 19.0. The van der Waals surface area contributed by atoms with Gasteiger partial charge in [-0.2, -0.15) is 4.68 Å². The topological polar surface area (TPSA) is 68.3 Å². The van der Waals surface area contributed by atoms with Crippen LogP contribution in [0, 0.1) is 11.7 Å². The van der Waals surface area contributed by atoms with Gasteiger partial charge in [0.05, 0.1) is 0 Å². The number of halogens is 1. The highest BCUT2D eigenvalue weighted by molar-refractivity contribution is 5.76. The Morgan fingerprint density at radius 3 is 2.83 bits per heavy atom. The summed E-state index contributed by atoms with van der Waals surface area (Å²) in [5, 5.41) is 4.03. The van der Waals surface area contributed by atoms with Crippen LogP contribution in [0.2, 0.25) is 0 Å². The number of carbonyl (C=O) groups excluding carboxylic acids is 1. The number of amides is 1. The van der Waals surface area contributed by atoms with Gasteiger partial charge in [0, 0.05) is 18.7 Å². The van der Waals surface area contributed by atoms with E-state index in [9.17, 15) is 14.0 Å². The standard InChI is InChI=1S/C16H18FN3O3/c1-11-3-2-8-19(9-11)14(21)10-20-16(22)23-15(18-20)12-4-6-13(17)7-5-12/h4-7,11H,2-3,8-10H2,1H3. The van der Waals surface area contributed by atoms with Crippen LogP contribution in [-0.4, -0.2) is 33.7 Å². The van der Waals surface area contributed by atoms with Crippen molar-refractivity contribution in [3.05, 3.63) is 40.6 Å². The van der Waals surface area contributed by atoms with Crippen molar-refractivity contribution >= 4 is 5.91 Å². The number of carbonyl (C=O) groups is 1. The summed E-state index contributed by atoms with van der Waals surface area (Å²) in [6.45, 7) is 3.38. The van der Waals surface area contributed by atoms with Gasteiger partial charge >= 0.3 is 5.76 Å². The quantitative estimate of drug-likeness (QED) is 0.866. The van der Waals surface area contributed by atoms with Crippen LogP contribution in [-0.2, 0) is 11.3 Å². The molecular formula is C16H18FN3O3. The van der Waals surface area contributed by atoms with Crippen LogP contribution in [0.5, 0.6) is 0 Å². The zero-order valence-electron chi connectivity index (χ0n) is 12.9. The first-order valence-electron chi connectivity index (χ1n) is 7.64. The molecule has 1 aromatic heterocycles. The minimum Gasteiger partial charge on any atom is -0.388 e. The number of piperidine rings is 1. The zero-order chi connectivity index (χ0) is 16.4. The van der Waals surface area contributed by atoms with E-state index in [1.165, 1.54) is 24.3 Å². The van der Waals surface area contributed by atoms with Gasteiger partial charge in [0.2, 0.25) is 11.8 Å². The van der Waals surface area contributed by atoms with E-state index in [2.05, 4.69) is 12.0 Å². The Bertz CT molecular complexity index is 751. The number of nitrogens with zero attached hydrogens (tertiary/aromatic N) is 3. The average Bonchev–Trinajstić information content (AvgIpc) is 2.89. The lowest BCUT2D eigenvalue weighted by Gasteiger charge is -2.30. The number of likely N-dealkylation sites (tertiary alicyclic amines) is 1.